The summed E-state index contributed by atoms with van der Waals surface area (Å²) >= 11 is 0. The number of fused-ring (bicyclic) bond motifs is 1. The monoisotopic (exact) mass is 533 g/mol. The lowest BCUT2D eigenvalue weighted by Crippen LogP contribution is -2.27. The van der Waals surface area contributed by atoms with Crippen LogP contribution in [0.25, 0.3) is 33.3 Å². The van der Waals surface area contributed by atoms with Gasteiger partial charge in [-0.3, -0.25) is 4.79 Å². The molecule has 1 aliphatic heterocycles. The minimum Gasteiger partial charge on any atom is -0.322 e. The number of rotatable bonds is 6. The van der Waals surface area contributed by atoms with Crippen LogP contribution in [0.3, 0.4) is 0 Å². The van der Waals surface area contributed by atoms with Gasteiger partial charge in [-0.25, -0.2) is 13.4 Å². The molecule has 1 aliphatic rings. The SMILES string of the molecule is O=C(Nc1cccc(S(=O)(=O)N2CCCC2)c1)c1cc(-c2ccc(-c3ccccc3)cc2)nc2ccccc12. The maximum atomic E-state index is 13.6. The Bertz CT molecular complexity index is 1760. The fourth-order valence-corrected chi connectivity index (χ4v) is 6.55. The Morgan fingerprint density at radius 1 is 0.718 bits per heavy atom. The number of anilines is 1. The lowest BCUT2D eigenvalue weighted by Gasteiger charge is -2.16. The molecule has 0 aliphatic carbocycles. The first-order valence-electron chi connectivity index (χ1n) is 13.0. The highest BCUT2D eigenvalue weighted by Gasteiger charge is 2.27. The Kier molecular flexibility index (Phi) is 6.69. The molecule has 6 nitrogen and oxygen atoms in total. The standard InChI is InChI=1S/C32H27N3O3S/c36-32(33-26-11-8-12-27(21-26)39(37,38)35-19-6-7-20-35)29-22-31(34-30-14-5-4-13-28(29)30)25-17-15-24(16-18-25)23-9-2-1-3-10-23/h1-5,8-18,21-22H,6-7,19-20H2,(H,33,36). The molecule has 0 unspecified atom stereocenters. The number of aromatic nitrogens is 1. The second kappa shape index (κ2) is 10.4. The maximum absolute atomic E-state index is 13.6. The number of benzene rings is 4. The van der Waals surface area contributed by atoms with Gasteiger partial charge in [-0.1, -0.05) is 78.9 Å². The molecule has 5 aromatic rings. The van der Waals surface area contributed by atoms with Crippen molar-refractivity contribution >= 4 is 32.5 Å². The molecule has 1 N–H and O–H groups in total. The minimum atomic E-state index is -3.59. The highest BCUT2D eigenvalue weighted by Crippen LogP contribution is 2.29. The van der Waals surface area contributed by atoms with Crippen LogP contribution in [0.15, 0.2) is 114 Å². The molecule has 39 heavy (non-hydrogen) atoms. The van der Waals surface area contributed by atoms with Crippen LogP contribution in [0.4, 0.5) is 5.69 Å². The zero-order valence-electron chi connectivity index (χ0n) is 21.2. The molecule has 0 bridgehead atoms. The van der Waals surface area contributed by atoms with Crippen LogP contribution in [0, 0.1) is 0 Å². The lowest BCUT2D eigenvalue weighted by atomic mass is 10.0. The second-order valence-corrected chi connectivity index (χ2v) is 11.5. The Balaban J connectivity index is 1.32. The van der Waals surface area contributed by atoms with E-state index in [9.17, 15) is 13.2 Å². The first-order valence-corrected chi connectivity index (χ1v) is 14.4. The van der Waals surface area contributed by atoms with Crippen LogP contribution in [-0.4, -0.2) is 36.7 Å². The predicted molar refractivity (Wildman–Crippen MR) is 155 cm³/mol. The molecule has 1 aromatic heterocycles. The third kappa shape index (κ3) is 5.06. The highest BCUT2D eigenvalue weighted by molar-refractivity contribution is 7.89. The van der Waals surface area contributed by atoms with E-state index < -0.39 is 10.0 Å². The molecule has 4 aromatic carbocycles. The number of carbonyl (C=O) groups excluding carboxylic acids is 1. The number of sulfonamides is 1. The van der Waals surface area contributed by atoms with Crippen LogP contribution >= 0.6 is 0 Å². The zero-order chi connectivity index (χ0) is 26.8. The van der Waals surface area contributed by atoms with E-state index in [4.69, 9.17) is 4.98 Å². The maximum Gasteiger partial charge on any atom is 0.256 e. The van der Waals surface area contributed by atoms with Gasteiger partial charge in [-0.2, -0.15) is 4.31 Å². The number of amides is 1. The van der Waals surface area contributed by atoms with Crippen molar-refractivity contribution in [2.75, 3.05) is 18.4 Å². The van der Waals surface area contributed by atoms with Crippen molar-refractivity contribution < 1.29 is 13.2 Å². The molecule has 6 rings (SSSR count). The summed E-state index contributed by atoms with van der Waals surface area (Å²) in [5, 5.41) is 3.64. The minimum absolute atomic E-state index is 0.181. The van der Waals surface area contributed by atoms with E-state index in [-0.39, 0.29) is 10.8 Å². The number of nitrogens with zero attached hydrogens (tertiary/aromatic N) is 2. The summed E-state index contributed by atoms with van der Waals surface area (Å²) in [5.74, 6) is -0.327. The van der Waals surface area contributed by atoms with Gasteiger partial charge in [0, 0.05) is 29.7 Å². The molecule has 0 saturated carbocycles. The van der Waals surface area contributed by atoms with Crippen molar-refractivity contribution in [3.05, 3.63) is 115 Å². The number of hydrogen-bond donors (Lipinski definition) is 1. The molecule has 0 radical (unpaired) electrons. The van der Waals surface area contributed by atoms with E-state index in [0.717, 1.165) is 34.9 Å². The lowest BCUT2D eigenvalue weighted by molar-refractivity contribution is 0.102. The van der Waals surface area contributed by atoms with E-state index in [0.29, 0.717) is 35.6 Å². The fourth-order valence-electron chi connectivity index (χ4n) is 4.99. The van der Waals surface area contributed by atoms with Gasteiger partial charge in [0.05, 0.1) is 21.7 Å². The predicted octanol–water partition coefficient (Wildman–Crippen LogP) is 6.61. The van der Waals surface area contributed by atoms with Crippen molar-refractivity contribution in [2.24, 2.45) is 0 Å². The van der Waals surface area contributed by atoms with E-state index in [1.165, 1.54) is 10.4 Å². The number of hydrogen-bond acceptors (Lipinski definition) is 4. The Hall–Kier alpha value is -4.33. The third-order valence-electron chi connectivity index (χ3n) is 7.04. The number of para-hydroxylation sites is 1. The Morgan fingerprint density at radius 3 is 2.15 bits per heavy atom. The third-order valence-corrected chi connectivity index (χ3v) is 8.94. The zero-order valence-corrected chi connectivity index (χ0v) is 22.1. The normalized spacial score (nSPS) is 13.9. The summed E-state index contributed by atoms with van der Waals surface area (Å²) in [6, 6.07) is 34.0. The molecule has 0 atom stereocenters. The van der Waals surface area contributed by atoms with Crippen molar-refractivity contribution in [2.45, 2.75) is 17.7 Å². The number of nitrogens with one attached hydrogen (secondary N) is 1. The summed E-state index contributed by atoms with van der Waals surface area (Å²) in [7, 11) is -3.59. The van der Waals surface area contributed by atoms with Crippen molar-refractivity contribution in [3.63, 3.8) is 0 Å². The van der Waals surface area contributed by atoms with E-state index in [2.05, 4.69) is 17.4 Å². The average Bonchev–Trinajstić information content (AvgIpc) is 3.54. The van der Waals surface area contributed by atoms with Crippen molar-refractivity contribution in [3.8, 4) is 22.4 Å². The summed E-state index contributed by atoms with van der Waals surface area (Å²) in [4.78, 5) is 18.6. The van der Waals surface area contributed by atoms with Crippen molar-refractivity contribution in [1.29, 1.82) is 0 Å². The molecule has 194 valence electrons. The topological polar surface area (TPSA) is 79.4 Å². The van der Waals surface area contributed by atoms with Gasteiger partial charge in [-0.05, 0) is 54.3 Å². The highest BCUT2D eigenvalue weighted by atomic mass is 32.2. The van der Waals surface area contributed by atoms with E-state index >= 15 is 0 Å². The van der Waals surface area contributed by atoms with Gasteiger partial charge in [0.15, 0.2) is 0 Å². The van der Waals surface area contributed by atoms with Gasteiger partial charge in [0.25, 0.3) is 5.91 Å². The molecule has 1 fully saturated rings. The summed E-state index contributed by atoms with van der Waals surface area (Å²) < 4.78 is 27.6. The van der Waals surface area contributed by atoms with Crippen LogP contribution in [0.5, 0.6) is 0 Å². The first-order chi connectivity index (χ1) is 19.0. The van der Waals surface area contributed by atoms with Crippen LogP contribution < -0.4 is 5.32 Å². The molecule has 1 saturated heterocycles. The quantitative estimate of drug-likeness (QED) is 0.267. The molecular formula is C32H27N3O3S. The van der Waals surface area contributed by atoms with E-state index in [1.807, 2.05) is 66.7 Å². The summed E-state index contributed by atoms with van der Waals surface area (Å²) in [6.45, 7) is 1.05. The number of pyridine rings is 1. The van der Waals surface area contributed by atoms with E-state index in [1.54, 1.807) is 24.3 Å². The molecule has 2 heterocycles. The van der Waals surface area contributed by atoms with Crippen molar-refractivity contribution in [1.82, 2.24) is 9.29 Å². The van der Waals surface area contributed by atoms with Gasteiger partial charge >= 0.3 is 0 Å². The molecular weight excluding hydrogens is 506 g/mol. The molecule has 1 amide bonds. The Labute approximate surface area is 228 Å². The van der Waals surface area contributed by atoms with Gasteiger partial charge in [0.1, 0.15) is 0 Å². The van der Waals surface area contributed by atoms with Gasteiger partial charge in [0.2, 0.25) is 10.0 Å². The summed E-state index contributed by atoms with van der Waals surface area (Å²) in [6.07, 6.45) is 1.73. The first kappa shape index (κ1) is 25.0. The fraction of sp³-hybridized carbons (Fsp3) is 0.125. The molecule has 7 heteroatoms. The largest absolute Gasteiger partial charge is 0.322 e. The van der Waals surface area contributed by atoms with Crippen LogP contribution in [0.1, 0.15) is 23.2 Å². The van der Waals surface area contributed by atoms with Crippen LogP contribution in [0.2, 0.25) is 0 Å². The average molecular weight is 534 g/mol. The van der Waals surface area contributed by atoms with Gasteiger partial charge < -0.3 is 5.32 Å². The number of carbonyl (C=O) groups is 1. The van der Waals surface area contributed by atoms with Gasteiger partial charge in [-0.15, -0.1) is 0 Å². The smallest absolute Gasteiger partial charge is 0.256 e. The second-order valence-electron chi connectivity index (χ2n) is 9.61. The summed E-state index contributed by atoms with van der Waals surface area (Å²) in [5.41, 5.74) is 5.41. The molecule has 0 spiro atoms. The van der Waals surface area contributed by atoms with Crippen LogP contribution in [-0.2, 0) is 10.0 Å². The Morgan fingerprint density at radius 2 is 1.38 bits per heavy atom.